The molecule has 0 radical (unpaired) electrons. The molecule has 0 atom stereocenters. The first-order valence-corrected chi connectivity index (χ1v) is 8.70. The van der Waals surface area contributed by atoms with Crippen LogP contribution in [0.15, 0.2) is 17.2 Å². The van der Waals surface area contributed by atoms with E-state index in [-0.39, 0.29) is 6.54 Å². The number of nitrogens with zero attached hydrogens (tertiary/aromatic N) is 5. The Hall–Kier alpha value is -1.67. The van der Waals surface area contributed by atoms with Crippen LogP contribution in [0.4, 0.5) is 0 Å². The SMILES string of the molecule is CCCn1nc(C)c(S(=O)(=O)N(C)Cc2ccnn2C)c1C. The summed E-state index contributed by atoms with van der Waals surface area (Å²) in [5, 5.41) is 8.42. The maximum absolute atomic E-state index is 12.9. The van der Waals surface area contributed by atoms with Crippen molar-refractivity contribution in [2.75, 3.05) is 7.05 Å². The highest BCUT2D eigenvalue weighted by atomic mass is 32.2. The van der Waals surface area contributed by atoms with Crippen molar-refractivity contribution in [2.45, 2.75) is 45.2 Å². The Bertz CT molecular complexity index is 760. The number of sulfonamides is 1. The summed E-state index contributed by atoms with van der Waals surface area (Å²) in [6.45, 7) is 6.58. The molecule has 2 aromatic heterocycles. The van der Waals surface area contributed by atoms with Crippen LogP contribution < -0.4 is 0 Å². The van der Waals surface area contributed by atoms with Gasteiger partial charge in [-0.15, -0.1) is 0 Å². The van der Waals surface area contributed by atoms with Crippen LogP contribution in [0.2, 0.25) is 0 Å². The molecule has 0 fully saturated rings. The lowest BCUT2D eigenvalue weighted by atomic mass is 10.4. The van der Waals surface area contributed by atoms with E-state index in [1.165, 1.54) is 4.31 Å². The lowest BCUT2D eigenvalue weighted by Crippen LogP contribution is -2.28. The predicted molar refractivity (Wildman–Crippen MR) is 83.9 cm³/mol. The maximum Gasteiger partial charge on any atom is 0.246 e. The van der Waals surface area contributed by atoms with Crippen LogP contribution in [-0.4, -0.2) is 39.3 Å². The molecule has 0 bridgehead atoms. The van der Waals surface area contributed by atoms with Gasteiger partial charge in [-0.2, -0.15) is 14.5 Å². The average molecular weight is 325 g/mol. The highest BCUT2D eigenvalue weighted by Gasteiger charge is 2.29. The molecule has 2 rings (SSSR count). The number of aryl methyl sites for hydroxylation is 3. The Kier molecular flexibility index (Phi) is 4.72. The molecule has 0 spiro atoms. The van der Waals surface area contributed by atoms with Crippen molar-refractivity contribution in [2.24, 2.45) is 7.05 Å². The quantitative estimate of drug-likeness (QED) is 0.806. The van der Waals surface area contributed by atoms with Crippen molar-refractivity contribution in [3.8, 4) is 0 Å². The second kappa shape index (κ2) is 6.21. The van der Waals surface area contributed by atoms with Crippen molar-refractivity contribution in [3.05, 3.63) is 29.3 Å². The minimum atomic E-state index is -3.58. The lowest BCUT2D eigenvalue weighted by Gasteiger charge is -2.17. The van der Waals surface area contributed by atoms with Crippen LogP contribution in [-0.2, 0) is 30.2 Å². The first-order valence-electron chi connectivity index (χ1n) is 7.26. The number of aromatic nitrogens is 4. The second-order valence-corrected chi connectivity index (χ2v) is 7.41. The highest BCUT2D eigenvalue weighted by molar-refractivity contribution is 7.89. The molecule has 2 aromatic rings. The van der Waals surface area contributed by atoms with Crippen LogP contribution in [0.5, 0.6) is 0 Å². The summed E-state index contributed by atoms with van der Waals surface area (Å²) >= 11 is 0. The molecule has 8 heteroatoms. The minimum Gasteiger partial charge on any atom is -0.271 e. The summed E-state index contributed by atoms with van der Waals surface area (Å²) in [6.07, 6.45) is 2.57. The molecular weight excluding hydrogens is 302 g/mol. The van der Waals surface area contributed by atoms with E-state index in [9.17, 15) is 8.42 Å². The van der Waals surface area contributed by atoms with Crippen LogP contribution >= 0.6 is 0 Å². The molecule has 0 aliphatic heterocycles. The molecule has 0 aliphatic rings. The zero-order valence-corrected chi connectivity index (χ0v) is 14.6. The van der Waals surface area contributed by atoms with Gasteiger partial charge in [-0.05, 0) is 26.3 Å². The summed E-state index contributed by atoms with van der Waals surface area (Å²) in [7, 11) is -0.203. The molecular formula is C14H23N5O2S. The van der Waals surface area contributed by atoms with Gasteiger partial charge < -0.3 is 0 Å². The fourth-order valence-electron chi connectivity index (χ4n) is 2.51. The summed E-state index contributed by atoms with van der Waals surface area (Å²) < 4.78 is 30.5. The van der Waals surface area contributed by atoms with Crippen molar-refractivity contribution < 1.29 is 8.42 Å². The molecule has 0 unspecified atom stereocenters. The van der Waals surface area contributed by atoms with Crippen LogP contribution in [0.3, 0.4) is 0 Å². The van der Waals surface area contributed by atoms with E-state index >= 15 is 0 Å². The fraction of sp³-hybridized carbons (Fsp3) is 0.571. The van der Waals surface area contributed by atoms with Gasteiger partial charge in [0.2, 0.25) is 10.0 Å². The first kappa shape index (κ1) is 16.7. The maximum atomic E-state index is 12.9. The lowest BCUT2D eigenvalue weighted by molar-refractivity contribution is 0.452. The van der Waals surface area contributed by atoms with Crippen molar-refractivity contribution >= 4 is 10.0 Å². The second-order valence-electron chi connectivity index (χ2n) is 5.43. The Morgan fingerprint density at radius 1 is 1.32 bits per heavy atom. The van der Waals surface area contributed by atoms with Crippen molar-refractivity contribution in [1.29, 1.82) is 0 Å². The van der Waals surface area contributed by atoms with Crippen LogP contribution in [0, 0.1) is 13.8 Å². The molecule has 122 valence electrons. The standard InChI is InChI=1S/C14H23N5O2S/c1-6-9-19-12(3)14(11(2)16-19)22(20,21)17(4)10-13-7-8-15-18(13)5/h7-8H,6,9-10H2,1-5H3. The number of hydrogen-bond donors (Lipinski definition) is 0. The third-order valence-electron chi connectivity index (χ3n) is 3.73. The molecule has 0 aromatic carbocycles. The normalized spacial score (nSPS) is 12.3. The van der Waals surface area contributed by atoms with E-state index in [1.807, 2.05) is 13.0 Å². The Balaban J connectivity index is 2.36. The van der Waals surface area contributed by atoms with E-state index in [0.29, 0.717) is 22.8 Å². The van der Waals surface area contributed by atoms with Crippen molar-refractivity contribution in [1.82, 2.24) is 23.9 Å². The van der Waals surface area contributed by atoms with E-state index in [4.69, 9.17) is 0 Å². The Morgan fingerprint density at radius 3 is 2.55 bits per heavy atom. The Labute approximate surface area is 131 Å². The first-order chi connectivity index (χ1) is 10.3. The number of rotatable bonds is 6. The summed E-state index contributed by atoms with van der Waals surface area (Å²) in [6, 6.07) is 1.81. The van der Waals surface area contributed by atoms with Gasteiger partial charge >= 0.3 is 0 Å². The zero-order chi connectivity index (χ0) is 16.5. The van der Waals surface area contributed by atoms with E-state index in [1.54, 1.807) is 43.5 Å². The predicted octanol–water partition coefficient (Wildman–Crippen LogP) is 1.46. The van der Waals surface area contributed by atoms with Gasteiger partial charge in [0.05, 0.1) is 23.6 Å². The molecule has 22 heavy (non-hydrogen) atoms. The molecule has 0 N–H and O–H groups in total. The Morgan fingerprint density at radius 2 is 2.00 bits per heavy atom. The van der Waals surface area contributed by atoms with E-state index < -0.39 is 10.0 Å². The van der Waals surface area contributed by atoms with Gasteiger partial charge in [0.1, 0.15) is 4.90 Å². The monoisotopic (exact) mass is 325 g/mol. The number of hydrogen-bond acceptors (Lipinski definition) is 4. The summed E-state index contributed by atoms with van der Waals surface area (Å²) in [5.74, 6) is 0. The molecule has 0 saturated heterocycles. The van der Waals surface area contributed by atoms with Crippen LogP contribution in [0.25, 0.3) is 0 Å². The van der Waals surface area contributed by atoms with Gasteiger partial charge in [-0.25, -0.2) is 8.42 Å². The molecule has 7 nitrogen and oxygen atoms in total. The van der Waals surface area contributed by atoms with E-state index in [0.717, 1.165) is 12.1 Å². The zero-order valence-electron chi connectivity index (χ0n) is 13.7. The summed E-state index contributed by atoms with van der Waals surface area (Å²) in [4.78, 5) is 0.311. The van der Waals surface area contributed by atoms with Gasteiger partial charge in [-0.1, -0.05) is 6.92 Å². The van der Waals surface area contributed by atoms with Gasteiger partial charge in [0.15, 0.2) is 0 Å². The van der Waals surface area contributed by atoms with Gasteiger partial charge in [-0.3, -0.25) is 9.36 Å². The molecule has 2 heterocycles. The topological polar surface area (TPSA) is 73.0 Å². The van der Waals surface area contributed by atoms with E-state index in [2.05, 4.69) is 10.2 Å². The third kappa shape index (κ3) is 2.93. The van der Waals surface area contributed by atoms with Crippen LogP contribution in [0.1, 0.15) is 30.4 Å². The average Bonchev–Trinajstić information content (AvgIpc) is 2.95. The molecule has 0 saturated carbocycles. The van der Waals surface area contributed by atoms with Gasteiger partial charge in [0.25, 0.3) is 0 Å². The van der Waals surface area contributed by atoms with Gasteiger partial charge in [0, 0.05) is 26.8 Å². The fourth-order valence-corrected chi connectivity index (χ4v) is 4.02. The smallest absolute Gasteiger partial charge is 0.246 e. The molecule has 0 aliphatic carbocycles. The summed E-state index contributed by atoms with van der Waals surface area (Å²) in [5.41, 5.74) is 2.07. The largest absolute Gasteiger partial charge is 0.271 e. The third-order valence-corrected chi connectivity index (χ3v) is 5.78. The van der Waals surface area contributed by atoms with Crippen molar-refractivity contribution in [3.63, 3.8) is 0 Å². The highest BCUT2D eigenvalue weighted by Crippen LogP contribution is 2.24. The minimum absolute atomic E-state index is 0.274. The molecule has 0 amide bonds.